The zero-order chi connectivity index (χ0) is 17.6. The summed E-state index contributed by atoms with van der Waals surface area (Å²) in [6, 6.07) is 19.4. The van der Waals surface area contributed by atoms with E-state index in [1.807, 2.05) is 36.4 Å². The molecular formula is C21H19N3O. The highest BCUT2D eigenvalue weighted by Gasteiger charge is 2.19. The molecule has 4 nitrogen and oxygen atoms in total. The highest BCUT2D eigenvalue weighted by atomic mass is 16.3. The fourth-order valence-electron chi connectivity index (χ4n) is 3.51. The Labute approximate surface area is 145 Å². The minimum atomic E-state index is -0.0132. The van der Waals surface area contributed by atoms with Crippen molar-refractivity contribution in [1.82, 2.24) is 4.57 Å². The van der Waals surface area contributed by atoms with Gasteiger partial charge >= 0.3 is 0 Å². The van der Waals surface area contributed by atoms with Gasteiger partial charge in [0.05, 0.1) is 16.7 Å². The number of hydrogen-bond donors (Lipinski definition) is 3. The average molecular weight is 329 g/mol. The zero-order valence-electron chi connectivity index (χ0n) is 14.0. The molecule has 4 N–H and O–H groups in total. The van der Waals surface area contributed by atoms with Gasteiger partial charge in [-0.2, -0.15) is 0 Å². The van der Waals surface area contributed by atoms with Crippen LogP contribution in [0.5, 0.6) is 5.75 Å². The van der Waals surface area contributed by atoms with Crippen LogP contribution in [-0.2, 0) is 6.54 Å². The maximum Gasteiger partial charge on any atom is 0.141 e. The topological polar surface area (TPSA) is 75.0 Å². The molecule has 2 aromatic carbocycles. The van der Waals surface area contributed by atoms with Gasteiger partial charge < -0.3 is 15.4 Å². The number of aromatic nitrogens is 1. The molecule has 124 valence electrons. The third-order valence-corrected chi connectivity index (χ3v) is 4.63. The molecule has 4 heteroatoms. The first kappa shape index (κ1) is 15.3. The molecular weight excluding hydrogens is 310 g/mol. The van der Waals surface area contributed by atoms with Crippen LogP contribution in [0.15, 0.2) is 60.7 Å². The summed E-state index contributed by atoms with van der Waals surface area (Å²) in [7, 11) is 0. The van der Waals surface area contributed by atoms with Crippen LogP contribution in [0.3, 0.4) is 0 Å². The van der Waals surface area contributed by atoms with Crippen LogP contribution in [0.1, 0.15) is 6.92 Å². The first-order valence-electron chi connectivity index (χ1n) is 8.29. The Morgan fingerprint density at radius 1 is 1.00 bits per heavy atom. The van der Waals surface area contributed by atoms with E-state index in [-0.39, 0.29) is 11.1 Å². The normalized spacial score (nSPS) is 11.2. The number of rotatable bonds is 2. The summed E-state index contributed by atoms with van der Waals surface area (Å²) in [5.74, 6) is -0.0132. The maximum absolute atomic E-state index is 10.1. The number of aromatic hydroxyl groups is 1. The SMILES string of the molecule is CCn1c2cc(=N)c(O)cc-2c2ccc(N)cc2c1-c1ccccc1. The van der Waals surface area contributed by atoms with E-state index in [0.717, 1.165) is 39.8 Å². The molecule has 25 heavy (non-hydrogen) atoms. The Kier molecular flexibility index (Phi) is 3.46. The number of benzene rings is 3. The van der Waals surface area contributed by atoms with Crippen molar-refractivity contribution in [2.45, 2.75) is 13.5 Å². The molecule has 0 spiro atoms. The molecule has 0 aromatic heterocycles. The second-order valence-electron chi connectivity index (χ2n) is 6.15. The highest BCUT2D eigenvalue weighted by Crippen LogP contribution is 2.39. The van der Waals surface area contributed by atoms with Crippen molar-refractivity contribution in [2.24, 2.45) is 0 Å². The van der Waals surface area contributed by atoms with Crippen LogP contribution in [0.4, 0.5) is 5.69 Å². The van der Waals surface area contributed by atoms with Gasteiger partial charge in [0.1, 0.15) is 5.75 Å². The van der Waals surface area contributed by atoms with Gasteiger partial charge in [-0.25, -0.2) is 0 Å². The fourth-order valence-corrected chi connectivity index (χ4v) is 3.51. The third-order valence-electron chi connectivity index (χ3n) is 4.63. The number of nitrogens with two attached hydrogens (primary N) is 1. The van der Waals surface area contributed by atoms with Gasteiger partial charge in [-0.05, 0) is 42.1 Å². The molecule has 2 aromatic rings. The van der Waals surface area contributed by atoms with Crippen LogP contribution < -0.4 is 11.1 Å². The standard InChI is InChI=1S/C21H19N3O/c1-2-24-19-12-18(23)20(25)11-16(19)15-9-8-14(22)10-17(15)21(24)13-6-4-3-5-7-13/h3-12,23,25H,2,22H2,1H3. The Morgan fingerprint density at radius 3 is 2.48 bits per heavy atom. The van der Waals surface area contributed by atoms with Gasteiger partial charge in [0.25, 0.3) is 0 Å². The van der Waals surface area contributed by atoms with Gasteiger partial charge in [-0.1, -0.05) is 36.4 Å². The second-order valence-corrected chi connectivity index (χ2v) is 6.15. The fraction of sp³-hybridized carbons (Fsp3) is 0.0952. The van der Waals surface area contributed by atoms with E-state index in [9.17, 15) is 5.11 Å². The second kappa shape index (κ2) is 5.67. The van der Waals surface area contributed by atoms with Crippen molar-refractivity contribution < 1.29 is 5.11 Å². The summed E-state index contributed by atoms with van der Waals surface area (Å²) >= 11 is 0. The van der Waals surface area contributed by atoms with Gasteiger partial charge in [-0.15, -0.1) is 0 Å². The predicted molar refractivity (Wildman–Crippen MR) is 102 cm³/mol. The minimum Gasteiger partial charge on any atom is -0.506 e. The lowest BCUT2D eigenvalue weighted by atomic mass is 9.94. The highest BCUT2D eigenvalue weighted by molar-refractivity contribution is 6.06. The zero-order valence-corrected chi connectivity index (χ0v) is 14.0. The molecule has 0 radical (unpaired) electrons. The summed E-state index contributed by atoms with van der Waals surface area (Å²) in [5.41, 5.74) is 10.8. The number of phenols is 1. The lowest BCUT2D eigenvalue weighted by Gasteiger charge is -2.24. The third kappa shape index (κ3) is 2.34. The molecule has 0 saturated carbocycles. The maximum atomic E-state index is 10.1. The summed E-state index contributed by atoms with van der Waals surface area (Å²) in [6.07, 6.45) is 0. The van der Waals surface area contributed by atoms with Crippen molar-refractivity contribution in [3.05, 3.63) is 66.0 Å². The molecule has 0 fully saturated rings. The molecule has 0 unspecified atom stereocenters. The number of pyridine rings is 1. The smallest absolute Gasteiger partial charge is 0.141 e. The quantitative estimate of drug-likeness (QED) is 0.381. The average Bonchev–Trinajstić information content (AvgIpc) is 2.62. The van der Waals surface area contributed by atoms with Crippen LogP contribution in [-0.4, -0.2) is 9.67 Å². The Bertz CT molecular complexity index is 1110. The lowest BCUT2D eigenvalue weighted by Crippen LogP contribution is -2.11. The number of nitrogens with zero attached hydrogens (tertiary/aromatic N) is 1. The summed E-state index contributed by atoms with van der Waals surface area (Å²) in [5, 5.41) is 20.3. The van der Waals surface area contributed by atoms with Crippen LogP contribution in [0, 0.1) is 5.41 Å². The van der Waals surface area contributed by atoms with E-state index in [0.29, 0.717) is 5.69 Å². The molecule has 1 aliphatic carbocycles. The summed E-state index contributed by atoms with van der Waals surface area (Å²) < 4.78 is 2.18. The van der Waals surface area contributed by atoms with Gasteiger partial charge in [0.15, 0.2) is 0 Å². The number of anilines is 1. The van der Waals surface area contributed by atoms with Gasteiger partial charge in [-0.3, -0.25) is 5.41 Å². The molecule has 1 heterocycles. The largest absolute Gasteiger partial charge is 0.506 e. The van der Waals surface area contributed by atoms with Crippen molar-refractivity contribution in [2.75, 3.05) is 5.73 Å². The van der Waals surface area contributed by atoms with Crippen molar-refractivity contribution in [3.8, 4) is 28.3 Å². The Morgan fingerprint density at radius 2 is 1.76 bits per heavy atom. The molecule has 0 saturated heterocycles. The van der Waals surface area contributed by atoms with E-state index < -0.39 is 0 Å². The van der Waals surface area contributed by atoms with Crippen LogP contribution in [0.25, 0.3) is 33.3 Å². The van der Waals surface area contributed by atoms with E-state index in [1.165, 1.54) is 0 Å². The monoisotopic (exact) mass is 329 g/mol. The number of nitrogen functional groups attached to an aromatic ring is 1. The Hall–Kier alpha value is -3.27. The van der Waals surface area contributed by atoms with Crippen molar-refractivity contribution in [3.63, 3.8) is 0 Å². The van der Waals surface area contributed by atoms with Crippen LogP contribution >= 0.6 is 0 Å². The molecule has 1 aliphatic heterocycles. The van der Waals surface area contributed by atoms with E-state index in [2.05, 4.69) is 23.6 Å². The number of fused-ring (bicyclic) bond motifs is 3. The first-order valence-corrected chi connectivity index (χ1v) is 8.29. The Balaban J connectivity index is 2.29. The molecule has 4 rings (SSSR count). The minimum absolute atomic E-state index is 0.0132. The van der Waals surface area contributed by atoms with Gasteiger partial charge in [0, 0.05) is 23.2 Å². The van der Waals surface area contributed by atoms with E-state index >= 15 is 0 Å². The number of nitrogens with one attached hydrogen (secondary N) is 1. The predicted octanol–water partition coefficient (Wildman–Crippen LogP) is 4.20. The molecule has 0 amide bonds. The molecule has 0 bridgehead atoms. The molecule has 2 aliphatic rings. The summed E-state index contributed by atoms with van der Waals surface area (Å²) in [4.78, 5) is 0. The number of phenolic OH excluding ortho intramolecular Hbond substituents is 1. The van der Waals surface area contributed by atoms with Crippen LogP contribution in [0.2, 0.25) is 0 Å². The van der Waals surface area contributed by atoms with Crippen molar-refractivity contribution >= 4 is 16.5 Å². The van der Waals surface area contributed by atoms with Gasteiger partial charge in [0.2, 0.25) is 0 Å². The summed E-state index contributed by atoms with van der Waals surface area (Å²) in [6.45, 7) is 2.83. The number of hydrogen-bond acceptors (Lipinski definition) is 3. The first-order chi connectivity index (χ1) is 12.1. The molecule has 0 atom stereocenters. The van der Waals surface area contributed by atoms with Crippen molar-refractivity contribution in [1.29, 1.82) is 5.41 Å². The van der Waals surface area contributed by atoms with E-state index in [4.69, 9.17) is 11.1 Å². The lowest BCUT2D eigenvalue weighted by molar-refractivity contribution is 0.467. The van der Waals surface area contributed by atoms with E-state index in [1.54, 1.807) is 12.1 Å².